The van der Waals surface area contributed by atoms with Gasteiger partial charge in [-0.3, -0.25) is 9.89 Å². The van der Waals surface area contributed by atoms with Crippen LogP contribution in [-0.2, 0) is 6.54 Å². The van der Waals surface area contributed by atoms with Gasteiger partial charge < -0.3 is 15.5 Å². The van der Waals surface area contributed by atoms with Gasteiger partial charge in [0.05, 0.1) is 12.2 Å². The zero-order valence-corrected chi connectivity index (χ0v) is 20.5. The molecule has 2 N–H and O–H groups in total. The van der Waals surface area contributed by atoms with E-state index in [0.717, 1.165) is 68.3 Å². The Hall–Kier alpha value is -1.53. The van der Waals surface area contributed by atoms with E-state index in [1.807, 2.05) is 6.07 Å². The molecule has 10 heteroatoms. The molecule has 1 saturated heterocycles. The minimum absolute atomic E-state index is 0. The fourth-order valence-electron chi connectivity index (χ4n) is 3.13. The van der Waals surface area contributed by atoms with E-state index >= 15 is 0 Å². The van der Waals surface area contributed by atoms with Crippen LogP contribution in [0, 0.1) is 13.8 Å². The van der Waals surface area contributed by atoms with Crippen molar-refractivity contribution in [1.82, 2.24) is 30.5 Å². The molecule has 2 aromatic heterocycles. The van der Waals surface area contributed by atoms with Gasteiger partial charge in [0, 0.05) is 57.0 Å². The number of thiazole rings is 1. The standard InChI is InChI=1S/C19H30N8S.HI/c1-15-16(2)28-17(25-15)14-24-18(20-3)21-8-5-9-26-10-12-27(13-11-26)19-22-6-4-7-23-19;/h4,6-7H,5,8-14H2,1-3H3,(H2,20,21,24);1H. The third kappa shape index (κ3) is 7.34. The van der Waals surface area contributed by atoms with E-state index in [9.17, 15) is 0 Å². The Bertz CT molecular complexity index is 739. The molecule has 3 rings (SSSR count). The minimum atomic E-state index is 0. The highest BCUT2D eigenvalue weighted by Crippen LogP contribution is 2.15. The summed E-state index contributed by atoms with van der Waals surface area (Å²) in [5.74, 6) is 1.67. The molecular weight excluding hydrogens is 499 g/mol. The summed E-state index contributed by atoms with van der Waals surface area (Å²) >= 11 is 1.74. The van der Waals surface area contributed by atoms with Crippen LogP contribution in [0.5, 0.6) is 0 Å². The molecule has 1 aliphatic heterocycles. The highest BCUT2D eigenvalue weighted by atomic mass is 127. The molecule has 0 amide bonds. The molecule has 1 fully saturated rings. The van der Waals surface area contributed by atoms with Crippen molar-refractivity contribution in [3.8, 4) is 0 Å². The quantitative estimate of drug-likeness (QED) is 0.246. The zero-order valence-electron chi connectivity index (χ0n) is 17.4. The van der Waals surface area contributed by atoms with Gasteiger partial charge in [0.25, 0.3) is 0 Å². The number of hydrogen-bond acceptors (Lipinski definition) is 7. The van der Waals surface area contributed by atoms with Gasteiger partial charge in [0.1, 0.15) is 5.01 Å². The van der Waals surface area contributed by atoms with Crippen LogP contribution >= 0.6 is 35.3 Å². The molecule has 0 bridgehead atoms. The normalized spacial score (nSPS) is 15.1. The van der Waals surface area contributed by atoms with Crippen LogP contribution in [0.15, 0.2) is 23.5 Å². The lowest BCUT2D eigenvalue weighted by Gasteiger charge is -2.34. The first-order valence-corrected chi connectivity index (χ1v) is 10.6. The van der Waals surface area contributed by atoms with E-state index < -0.39 is 0 Å². The van der Waals surface area contributed by atoms with E-state index in [-0.39, 0.29) is 24.0 Å². The Morgan fingerprint density at radius 3 is 2.48 bits per heavy atom. The average Bonchev–Trinajstić information content (AvgIpc) is 3.06. The molecule has 0 unspecified atom stereocenters. The van der Waals surface area contributed by atoms with Gasteiger partial charge in [-0.15, -0.1) is 35.3 Å². The van der Waals surface area contributed by atoms with Crippen molar-refractivity contribution < 1.29 is 0 Å². The molecule has 1 aliphatic rings. The van der Waals surface area contributed by atoms with Gasteiger partial charge in [-0.25, -0.2) is 15.0 Å². The van der Waals surface area contributed by atoms with Gasteiger partial charge in [-0.05, 0) is 32.9 Å². The Balaban J connectivity index is 0.00000300. The van der Waals surface area contributed by atoms with E-state index in [4.69, 9.17) is 0 Å². The monoisotopic (exact) mass is 530 g/mol. The molecule has 29 heavy (non-hydrogen) atoms. The lowest BCUT2D eigenvalue weighted by molar-refractivity contribution is 0.254. The SMILES string of the molecule is CN=C(NCCCN1CCN(c2ncccn2)CC1)NCc1nc(C)c(C)s1.I. The van der Waals surface area contributed by atoms with Crippen molar-refractivity contribution in [3.05, 3.63) is 34.0 Å². The number of nitrogens with zero attached hydrogens (tertiary/aromatic N) is 6. The van der Waals surface area contributed by atoms with Crippen molar-refractivity contribution in [2.24, 2.45) is 4.99 Å². The van der Waals surface area contributed by atoms with Crippen LogP contribution < -0.4 is 15.5 Å². The Morgan fingerprint density at radius 2 is 1.86 bits per heavy atom. The van der Waals surface area contributed by atoms with Crippen LogP contribution in [-0.4, -0.2) is 72.1 Å². The van der Waals surface area contributed by atoms with Crippen LogP contribution in [0.2, 0.25) is 0 Å². The number of anilines is 1. The lowest BCUT2D eigenvalue weighted by atomic mass is 10.3. The predicted octanol–water partition coefficient (Wildman–Crippen LogP) is 2.05. The summed E-state index contributed by atoms with van der Waals surface area (Å²) in [6.07, 6.45) is 4.69. The van der Waals surface area contributed by atoms with Crippen LogP contribution in [0.4, 0.5) is 5.95 Å². The van der Waals surface area contributed by atoms with Crippen LogP contribution in [0.1, 0.15) is 22.0 Å². The van der Waals surface area contributed by atoms with Gasteiger partial charge in [0.2, 0.25) is 5.95 Å². The van der Waals surface area contributed by atoms with E-state index in [2.05, 4.69) is 54.2 Å². The number of hydrogen-bond donors (Lipinski definition) is 2. The number of rotatable bonds is 7. The summed E-state index contributed by atoms with van der Waals surface area (Å²) in [4.78, 5) is 23.6. The highest BCUT2D eigenvalue weighted by molar-refractivity contribution is 14.0. The molecule has 0 aliphatic carbocycles. The third-order valence-electron chi connectivity index (χ3n) is 4.85. The fraction of sp³-hybridized carbons (Fsp3) is 0.579. The smallest absolute Gasteiger partial charge is 0.225 e. The number of aryl methyl sites for hydroxylation is 2. The number of aliphatic imine (C=N–C) groups is 1. The van der Waals surface area contributed by atoms with Crippen LogP contribution in [0.3, 0.4) is 0 Å². The average molecular weight is 530 g/mol. The minimum Gasteiger partial charge on any atom is -0.356 e. The first kappa shape index (κ1) is 23.7. The summed E-state index contributed by atoms with van der Waals surface area (Å²) in [7, 11) is 1.80. The highest BCUT2D eigenvalue weighted by Gasteiger charge is 2.18. The van der Waals surface area contributed by atoms with Crippen molar-refractivity contribution in [2.75, 3.05) is 51.2 Å². The summed E-state index contributed by atoms with van der Waals surface area (Å²) in [6.45, 7) is 10.9. The lowest BCUT2D eigenvalue weighted by Crippen LogP contribution is -2.47. The van der Waals surface area contributed by atoms with Crippen molar-refractivity contribution in [3.63, 3.8) is 0 Å². The van der Waals surface area contributed by atoms with Crippen molar-refractivity contribution in [1.29, 1.82) is 0 Å². The molecule has 0 spiro atoms. The molecule has 3 heterocycles. The molecule has 0 aromatic carbocycles. The summed E-state index contributed by atoms with van der Waals surface area (Å²) in [6, 6.07) is 1.86. The Morgan fingerprint density at radius 1 is 1.14 bits per heavy atom. The number of piperazine rings is 1. The fourth-order valence-corrected chi connectivity index (χ4v) is 4.00. The molecule has 2 aromatic rings. The van der Waals surface area contributed by atoms with E-state index in [0.29, 0.717) is 6.54 Å². The molecule has 8 nitrogen and oxygen atoms in total. The first-order valence-electron chi connectivity index (χ1n) is 9.77. The Labute approximate surface area is 194 Å². The van der Waals surface area contributed by atoms with Gasteiger partial charge >= 0.3 is 0 Å². The van der Waals surface area contributed by atoms with Crippen molar-refractivity contribution >= 4 is 47.2 Å². The second kappa shape index (κ2) is 12.2. The van der Waals surface area contributed by atoms with E-state index in [1.54, 1.807) is 30.8 Å². The van der Waals surface area contributed by atoms with Crippen LogP contribution in [0.25, 0.3) is 0 Å². The largest absolute Gasteiger partial charge is 0.356 e. The molecule has 0 saturated carbocycles. The molecule has 160 valence electrons. The number of nitrogens with one attached hydrogen (secondary N) is 2. The van der Waals surface area contributed by atoms with Gasteiger partial charge in [-0.2, -0.15) is 0 Å². The van der Waals surface area contributed by atoms with Gasteiger partial charge in [0.15, 0.2) is 5.96 Å². The molecule has 0 radical (unpaired) electrons. The Kier molecular flexibility index (Phi) is 10.0. The van der Waals surface area contributed by atoms with Crippen molar-refractivity contribution in [2.45, 2.75) is 26.8 Å². The number of guanidine groups is 1. The van der Waals surface area contributed by atoms with E-state index in [1.165, 1.54) is 4.88 Å². The maximum Gasteiger partial charge on any atom is 0.225 e. The molecule has 0 atom stereocenters. The van der Waals surface area contributed by atoms with Gasteiger partial charge in [-0.1, -0.05) is 0 Å². The third-order valence-corrected chi connectivity index (χ3v) is 5.93. The maximum atomic E-state index is 4.56. The topological polar surface area (TPSA) is 81.6 Å². The molecular formula is C19H31IN8S. The first-order chi connectivity index (χ1) is 13.7. The second-order valence-corrected chi connectivity index (χ2v) is 8.12. The number of halogens is 1. The zero-order chi connectivity index (χ0) is 19.8. The second-order valence-electron chi connectivity index (χ2n) is 6.83. The maximum absolute atomic E-state index is 4.56. The number of aromatic nitrogens is 3. The summed E-state index contributed by atoms with van der Waals surface area (Å²) < 4.78 is 0. The predicted molar refractivity (Wildman–Crippen MR) is 131 cm³/mol. The summed E-state index contributed by atoms with van der Waals surface area (Å²) in [5.41, 5.74) is 1.11. The summed E-state index contributed by atoms with van der Waals surface area (Å²) in [5, 5.41) is 7.83.